The van der Waals surface area contributed by atoms with Crippen molar-refractivity contribution in [2.45, 2.75) is 12.8 Å². The van der Waals surface area contributed by atoms with Gasteiger partial charge in [-0.3, -0.25) is 0 Å². The van der Waals surface area contributed by atoms with Gasteiger partial charge in [0.25, 0.3) is 0 Å². The Hall–Kier alpha value is -1.03. The van der Waals surface area contributed by atoms with Crippen LogP contribution in [0.4, 0.5) is 0 Å². The molecule has 2 fully saturated rings. The van der Waals surface area contributed by atoms with Crippen molar-refractivity contribution in [3.05, 3.63) is 12.3 Å². The fourth-order valence-corrected chi connectivity index (χ4v) is 2.39. The minimum Gasteiger partial charge on any atom is -0.380 e. The smallest absolute Gasteiger partial charge is 0.198 e. The molecule has 15 heavy (non-hydrogen) atoms. The minimum absolute atomic E-state index is 0.508. The summed E-state index contributed by atoms with van der Waals surface area (Å²) >= 11 is 0. The Morgan fingerprint density at radius 3 is 2.73 bits per heavy atom. The minimum atomic E-state index is 0.508. The van der Waals surface area contributed by atoms with Gasteiger partial charge >= 0.3 is 0 Å². The molecule has 1 N–H and O–H groups in total. The second kappa shape index (κ2) is 3.52. The van der Waals surface area contributed by atoms with Gasteiger partial charge in [0.2, 0.25) is 0 Å². The van der Waals surface area contributed by atoms with Gasteiger partial charge in [-0.2, -0.15) is 0 Å². The lowest BCUT2D eigenvalue weighted by Crippen LogP contribution is -2.54. The third-order valence-corrected chi connectivity index (χ3v) is 3.57. The summed E-state index contributed by atoms with van der Waals surface area (Å²) in [5, 5.41) is 3.25. The molecule has 4 nitrogen and oxygen atoms in total. The molecule has 3 heterocycles. The molecule has 1 radical (unpaired) electrons. The quantitative estimate of drug-likeness (QED) is 0.622. The van der Waals surface area contributed by atoms with E-state index >= 15 is 0 Å². The summed E-state index contributed by atoms with van der Waals surface area (Å²) in [5.74, 6) is 1.02. The van der Waals surface area contributed by atoms with Gasteiger partial charge < -0.3 is 15.0 Å². The number of nitrogens with zero attached hydrogens (tertiary/aromatic N) is 2. The third kappa shape index (κ3) is 1.63. The molecule has 0 saturated carbocycles. The zero-order valence-corrected chi connectivity index (χ0v) is 8.83. The molecule has 0 aromatic heterocycles. The number of piperidine rings is 1. The van der Waals surface area contributed by atoms with Gasteiger partial charge in [0.05, 0.1) is 13.2 Å². The predicted octanol–water partition coefficient (Wildman–Crippen LogP) is 0.375. The molecule has 0 atom stereocenters. The first-order chi connectivity index (χ1) is 7.38. The van der Waals surface area contributed by atoms with Crippen molar-refractivity contribution in [1.82, 2.24) is 10.2 Å². The van der Waals surface area contributed by atoms with Crippen molar-refractivity contribution in [2.24, 2.45) is 10.4 Å². The number of nitrogens with one attached hydrogen (secondary N) is 1. The van der Waals surface area contributed by atoms with Gasteiger partial charge in [-0.1, -0.05) is 0 Å². The lowest BCUT2D eigenvalue weighted by atomic mass is 9.77. The van der Waals surface area contributed by atoms with E-state index in [2.05, 4.69) is 21.3 Å². The highest BCUT2D eigenvalue weighted by Crippen LogP contribution is 2.38. The van der Waals surface area contributed by atoms with Crippen LogP contribution in [-0.4, -0.2) is 43.7 Å². The number of likely N-dealkylation sites (tertiary alicyclic amines) is 1. The first kappa shape index (κ1) is 9.21. The molecule has 0 aromatic carbocycles. The molecule has 3 rings (SSSR count). The summed E-state index contributed by atoms with van der Waals surface area (Å²) in [4.78, 5) is 6.64. The van der Waals surface area contributed by atoms with Gasteiger partial charge in [-0.15, -0.1) is 0 Å². The van der Waals surface area contributed by atoms with Crippen LogP contribution in [0.5, 0.6) is 0 Å². The average molecular weight is 206 g/mol. The lowest BCUT2D eigenvalue weighted by Gasteiger charge is -2.47. The summed E-state index contributed by atoms with van der Waals surface area (Å²) in [7, 11) is 0. The van der Waals surface area contributed by atoms with E-state index in [4.69, 9.17) is 4.74 Å². The van der Waals surface area contributed by atoms with E-state index < -0.39 is 0 Å². The van der Waals surface area contributed by atoms with Crippen molar-refractivity contribution in [1.29, 1.82) is 0 Å². The van der Waals surface area contributed by atoms with E-state index in [1.54, 1.807) is 6.20 Å². The maximum Gasteiger partial charge on any atom is 0.198 e. The molecule has 3 aliphatic rings. The van der Waals surface area contributed by atoms with E-state index in [9.17, 15) is 0 Å². The summed E-state index contributed by atoms with van der Waals surface area (Å²) in [5.41, 5.74) is 0.508. The van der Waals surface area contributed by atoms with Gasteiger partial charge in [0.15, 0.2) is 5.96 Å². The molecule has 0 aromatic rings. The number of ether oxygens (including phenoxy) is 1. The van der Waals surface area contributed by atoms with Gasteiger partial charge in [-0.25, -0.2) is 4.99 Å². The molecule has 3 aliphatic heterocycles. The zero-order valence-electron chi connectivity index (χ0n) is 8.83. The SMILES string of the molecule is [C]1=CN=C(N2CCC3(CC2)COC3)NC1. The summed E-state index contributed by atoms with van der Waals surface area (Å²) < 4.78 is 5.32. The molecule has 0 amide bonds. The van der Waals surface area contributed by atoms with Crippen LogP contribution < -0.4 is 5.32 Å². The second-order valence-corrected chi connectivity index (χ2v) is 4.62. The largest absolute Gasteiger partial charge is 0.380 e. The molecular weight excluding hydrogens is 190 g/mol. The molecule has 0 aliphatic carbocycles. The van der Waals surface area contributed by atoms with Crippen LogP contribution in [-0.2, 0) is 4.74 Å². The molecular formula is C11H16N3O. The van der Waals surface area contributed by atoms with E-state index in [-0.39, 0.29) is 0 Å². The van der Waals surface area contributed by atoms with Crippen LogP contribution in [0.3, 0.4) is 0 Å². The maximum atomic E-state index is 5.32. The van der Waals surface area contributed by atoms with Crippen LogP contribution in [0.2, 0.25) is 0 Å². The Bertz CT molecular complexity index is 297. The second-order valence-electron chi connectivity index (χ2n) is 4.62. The predicted molar refractivity (Wildman–Crippen MR) is 57.3 cm³/mol. The molecule has 4 heteroatoms. The molecule has 1 spiro atoms. The van der Waals surface area contributed by atoms with E-state index in [1.807, 2.05) is 0 Å². The van der Waals surface area contributed by atoms with E-state index in [1.165, 1.54) is 12.8 Å². The number of hydrogen-bond acceptors (Lipinski definition) is 4. The monoisotopic (exact) mass is 206 g/mol. The van der Waals surface area contributed by atoms with Crippen LogP contribution >= 0.6 is 0 Å². The summed E-state index contributed by atoms with van der Waals surface area (Å²) in [6.07, 6.45) is 7.26. The Morgan fingerprint density at radius 2 is 2.20 bits per heavy atom. The van der Waals surface area contributed by atoms with E-state index in [0.717, 1.165) is 38.8 Å². The number of rotatable bonds is 0. The van der Waals surface area contributed by atoms with Crippen LogP contribution in [0.25, 0.3) is 0 Å². The lowest BCUT2D eigenvalue weighted by molar-refractivity contribution is -0.134. The van der Waals surface area contributed by atoms with Crippen molar-refractivity contribution < 1.29 is 4.74 Å². The van der Waals surface area contributed by atoms with Crippen LogP contribution in [0.1, 0.15) is 12.8 Å². The Balaban J connectivity index is 1.61. The fourth-order valence-electron chi connectivity index (χ4n) is 2.39. The summed E-state index contributed by atoms with van der Waals surface area (Å²) in [6, 6.07) is 0. The Kier molecular flexibility index (Phi) is 2.16. The van der Waals surface area contributed by atoms with Gasteiger partial charge in [-0.05, 0) is 18.9 Å². The number of aliphatic imine (C=N–C) groups is 1. The van der Waals surface area contributed by atoms with Crippen LogP contribution in [0.15, 0.2) is 11.2 Å². The highest BCUT2D eigenvalue weighted by Gasteiger charge is 2.41. The fraction of sp³-hybridized carbons (Fsp3) is 0.727. The summed E-state index contributed by atoms with van der Waals surface area (Å²) in [6.45, 7) is 4.92. The van der Waals surface area contributed by atoms with Gasteiger partial charge in [0.1, 0.15) is 0 Å². The van der Waals surface area contributed by atoms with Crippen molar-refractivity contribution in [3.8, 4) is 0 Å². The number of guanidine groups is 1. The maximum absolute atomic E-state index is 5.32. The van der Waals surface area contributed by atoms with Crippen molar-refractivity contribution in [2.75, 3.05) is 32.8 Å². The number of hydrogen-bond donors (Lipinski definition) is 1. The molecule has 2 saturated heterocycles. The van der Waals surface area contributed by atoms with E-state index in [0.29, 0.717) is 5.41 Å². The highest BCUT2D eigenvalue weighted by atomic mass is 16.5. The van der Waals surface area contributed by atoms with Crippen LogP contribution in [0, 0.1) is 11.5 Å². The van der Waals surface area contributed by atoms with Crippen molar-refractivity contribution in [3.63, 3.8) is 0 Å². The van der Waals surface area contributed by atoms with Crippen molar-refractivity contribution >= 4 is 5.96 Å². The first-order valence-electron chi connectivity index (χ1n) is 5.58. The zero-order chi connectivity index (χ0) is 10.1. The standard InChI is InChI=1S/C11H16N3O/c1-4-12-10(13-5-1)14-6-2-11(3-7-14)8-15-9-11/h4H,2-3,5-9H2,(H,12,13). The molecule has 81 valence electrons. The molecule has 0 bridgehead atoms. The first-order valence-corrected chi connectivity index (χ1v) is 5.58. The Morgan fingerprint density at radius 1 is 1.40 bits per heavy atom. The average Bonchev–Trinajstić information content (AvgIpc) is 2.28. The normalized spacial score (nSPS) is 28.3. The Labute approximate surface area is 90.0 Å². The van der Waals surface area contributed by atoms with Gasteiger partial charge in [0, 0.05) is 31.2 Å². The third-order valence-electron chi connectivity index (χ3n) is 3.57. The topological polar surface area (TPSA) is 36.9 Å². The highest BCUT2D eigenvalue weighted by molar-refractivity contribution is 5.81. The molecule has 0 unspecified atom stereocenters.